The molecule has 4 heteroatoms. The van der Waals surface area contributed by atoms with Crippen LogP contribution in [-0.4, -0.2) is 37.6 Å². The quantitative estimate of drug-likeness (QED) is 0.629. The molecule has 0 N–H and O–H groups in total. The highest BCUT2D eigenvalue weighted by Gasteiger charge is 2.33. The van der Waals surface area contributed by atoms with Crippen molar-refractivity contribution in [2.75, 3.05) is 26.7 Å². The second-order valence-electron chi connectivity index (χ2n) is 5.37. The molecule has 1 aromatic carbocycles. The maximum Gasteiger partial charge on any atom is 0.308 e. The van der Waals surface area contributed by atoms with E-state index in [1.807, 2.05) is 12.1 Å². The summed E-state index contributed by atoms with van der Waals surface area (Å²) in [5.74, 6) is 0.290. The summed E-state index contributed by atoms with van der Waals surface area (Å²) < 4.78 is 11.4. The molecule has 0 aromatic heterocycles. The van der Waals surface area contributed by atoms with Crippen LogP contribution >= 0.6 is 0 Å². The van der Waals surface area contributed by atoms with E-state index in [-0.39, 0.29) is 11.6 Å². The number of benzene rings is 1. The Morgan fingerprint density at radius 1 is 1.45 bits per heavy atom. The van der Waals surface area contributed by atoms with Crippen molar-refractivity contribution in [1.29, 1.82) is 0 Å². The largest absolute Gasteiger partial charge is 0.427 e. The van der Waals surface area contributed by atoms with Crippen molar-refractivity contribution in [3.8, 4) is 5.75 Å². The van der Waals surface area contributed by atoms with Crippen LogP contribution in [-0.2, 0) is 15.1 Å². The molecule has 4 nitrogen and oxygen atoms in total. The molecule has 0 spiro atoms. The van der Waals surface area contributed by atoms with Crippen molar-refractivity contribution in [1.82, 2.24) is 4.90 Å². The number of nitrogens with zero attached hydrogens (tertiary/aromatic N) is 1. The first kappa shape index (κ1) is 15.0. The predicted molar refractivity (Wildman–Crippen MR) is 77.8 cm³/mol. The number of likely N-dealkylation sites (N-methyl/N-ethyl adjacent to an activating group) is 1. The number of carbonyl (C=O) groups excluding carboxylic acids is 1. The van der Waals surface area contributed by atoms with Crippen LogP contribution < -0.4 is 4.74 Å². The molecule has 1 heterocycles. The van der Waals surface area contributed by atoms with Gasteiger partial charge in [-0.3, -0.25) is 4.79 Å². The summed E-state index contributed by atoms with van der Waals surface area (Å²) in [4.78, 5) is 13.4. The van der Waals surface area contributed by atoms with Gasteiger partial charge in [0, 0.05) is 20.0 Å². The summed E-state index contributed by atoms with van der Waals surface area (Å²) in [6.45, 7) is 6.24. The molecule has 0 amide bonds. The minimum absolute atomic E-state index is 0.277. The molecule has 1 aromatic rings. The fourth-order valence-electron chi connectivity index (χ4n) is 2.67. The fraction of sp³-hybridized carbons (Fsp3) is 0.562. The molecule has 1 aliphatic heterocycles. The Bertz CT molecular complexity index is 475. The molecule has 0 aliphatic carbocycles. The zero-order valence-corrected chi connectivity index (χ0v) is 12.5. The summed E-state index contributed by atoms with van der Waals surface area (Å²) in [5, 5.41) is 0. The van der Waals surface area contributed by atoms with Gasteiger partial charge in [0.25, 0.3) is 0 Å². The second kappa shape index (κ2) is 6.37. The Hall–Kier alpha value is -1.39. The van der Waals surface area contributed by atoms with Gasteiger partial charge in [-0.05, 0) is 37.6 Å². The van der Waals surface area contributed by atoms with Crippen LogP contribution in [0.3, 0.4) is 0 Å². The van der Waals surface area contributed by atoms with Gasteiger partial charge in [-0.1, -0.05) is 19.1 Å². The Kier molecular flexibility index (Phi) is 4.78. The summed E-state index contributed by atoms with van der Waals surface area (Å²) in [5.41, 5.74) is 0.815. The monoisotopic (exact) mass is 277 g/mol. The molecule has 1 atom stereocenters. The van der Waals surface area contributed by atoms with Crippen molar-refractivity contribution in [3.63, 3.8) is 0 Å². The third kappa shape index (κ3) is 3.38. The number of rotatable bonds is 3. The Balaban J connectivity index is 2.28. The van der Waals surface area contributed by atoms with Crippen LogP contribution in [0.15, 0.2) is 24.3 Å². The van der Waals surface area contributed by atoms with Crippen molar-refractivity contribution in [3.05, 3.63) is 29.8 Å². The second-order valence-corrected chi connectivity index (χ2v) is 5.37. The average Bonchev–Trinajstić information content (AvgIpc) is 2.61. The molecule has 2 rings (SSSR count). The first-order valence-corrected chi connectivity index (χ1v) is 7.17. The van der Waals surface area contributed by atoms with Crippen LogP contribution in [0.2, 0.25) is 0 Å². The summed E-state index contributed by atoms with van der Waals surface area (Å²) in [6, 6.07) is 7.71. The minimum atomic E-state index is -0.297. The van der Waals surface area contributed by atoms with Crippen molar-refractivity contribution < 1.29 is 14.3 Å². The molecule has 0 saturated carbocycles. The zero-order valence-electron chi connectivity index (χ0n) is 12.5. The van der Waals surface area contributed by atoms with Crippen LogP contribution in [0.5, 0.6) is 5.75 Å². The third-order valence-corrected chi connectivity index (χ3v) is 3.94. The Morgan fingerprint density at radius 2 is 2.25 bits per heavy atom. The van der Waals surface area contributed by atoms with Crippen LogP contribution in [0.1, 0.15) is 32.3 Å². The highest BCUT2D eigenvalue weighted by atomic mass is 16.5. The van der Waals surface area contributed by atoms with Gasteiger partial charge in [0.1, 0.15) is 5.75 Å². The summed E-state index contributed by atoms with van der Waals surface area (Å²) in [7, 11) is 2.12. The topological polar surface area (TPSA) is 38.8 Å². The van der Waals surface area contributed by atoms with Gasteiger partial charge < -0.3 is 14.4 Å². The van der Waals surface area contributed by atoms with Gasteiger partial charge in [-0.25, -0.2) is 0 Å². The lowest BCUT2D eigenvalue weighted by atomic mass is 9.87. The number of ether oxygens (including phenoxy) is 2. The van der Waals surface area contributed by atoms with Gasteiger partial charge in [-0.2, -0.15) is 0 Å². The normalized spacial score (nSPS) is 24.1. The third-order valence-electron chi connectivity index (χ3n) is 3.94. The molecule has 20 heavy (non-hydrogen) atoms. The smallest absolute Gasteiger partial charge is 0.308 e. The standard InChI is InChI=1S/C16H23NO3/c1-4-16(8-9-17(3)10-11-19-16)14-6-5-7-15(12-14)20-13(2)18/h5-7,12H,4,8-11H2,1-3H3. The first-order valence-electron chi connectivity index (χ1n) is 7.17. The lowest BCUT2D eigenvalue weighted by Crippen LogP contribution is -2.30. The SMILES string of the molecule is CCC1(c2cccc(OC(C)=O)c2)CCN(C)CCO1. The Morgan fingerprint density at radius 3 is 2.95 bits per heavy atom. The maximum atomic E-state index is 11.1. The van der Waals surface area contributed by atoms with Gasteiger partial charge in [0.15, 0.2) is 0 Å². The van der Waals surface area contributed by atoms with E-state index in [4.69, 9.17) is 9.47 Å². The highest BCUT2D eigenvalue weighted by Crippen LogP contribution is 2.36. The minimum Gasteiger partial charge on any atom is -0.427 e. The van der Waals surface area contributed by atoms with E-state index in [1.54, 1.807) is 6.07 Å². The average molecular weight is 277 g/mol. The molecular weight excluding hydrogens is 254 g/mol. The van der Waals surface area contributed by atoms with E-state index in [0.717, 1.165) is 38.1 Å². The maximum absolute atomic E-state index is 11.1. The van der Waals surface area contributed by atoms with E-state index >= 15 is 0 Å². The summed E-state index contributed by atoms with van der Waals surface area (Å²) >= 11 is 0. The molecule has 0 radical (unpaired) electrons. The van der Waals surface area contributed by atoms with Gasteiger partial charge in [0.05, 0.1) is 12.2 Å². The molecule has 110 valence electrons. The predicted octanol–water partition coefficient (Wildman–Crippen LogP) is 2.57. The van der Waals surface area contributed by atoms with E-state index in [2.05, 4.69) is 24.9 Å². The molecule has 1 aliphatic rings. The fourth-order valence-corrected chi connectivity index (χ4v) is 2.67. The first-order chi connectivity index (χ1) is 9.55. The van der Waals surface area contributed by atoms with Crippen LogP contribution in [0.4, 0.5) is 0 Å². The molecule has 1 saturated heterocycles. The lowest BCUT2D eigenvalue weighted by Gasteiger charge is -2.32. The van der Waals surface area contributed by atoms with E-state index in [0.29, 0.717) is 5.75 Å². The molecule has 0 bridgehead atoms. The molecule has 1 unspecified atom stereocenters. The van der Waals surface area contributed by atoms with E-state index in [1.165, 1.54) is 6.92 Å². The molecule has 1 fully saturated rings. The van der Waals surface area contributed by atoms with Gasteiger partial charge in [-0.15, -0.1) is 0 Å². The van der Waals surface area contributed by atoms with E-state index in [9.17, 15) is 4.79 Å². The van der Waals surface area contributed by atoms with E-state index < -0.39 is 0 Å². The van der Waals surface area contributed by atoms with Crippen molar-refractivity contribution >= 4 is 5.97 Å². The Labute approximate surface area is 120 Å². The number of hydrogen-bond acceptors (Lipinski definition) is 4. The van der Waals surface area contributed by atoms with Gasteiger partial charge in [0.2, 0.25) is 0 Å². The summed E-state index contributed by atoms with van der Waals surface area (Å²) in [6.07, 6.45) is 1.86. The van der Waals surface area contributed by atoms with Crippen molar-refractivity contribution in [2.24, 2.45) is 0 Å². The number of esters is 1. The van der Waals surface area contributed by atoms with Gasteiger partial charge >= 0.3 is 5.97 Å². The zero-order chi connectivity index (χ0) is 14.6. The number of carbonyl (C=O) groups is 1. The lowest BCUT2D eigenvalue weighted by molar-refractivity contribution is -0.131. The van der Waals surface area contributed by atoms with Crippen molar-refractivity contribution in [2.45, 2.75) is 32.3 Å². The number of hydrogen-bond donors (Lipinski definition) is 0. The van der Waals surface area contributed by atoms with Crippen LogP contribution in [0.25, 0.3) is 0 Å². The van der Waals surface area contributed by atoms with Crippen LogP contribution in [0, 0.1) is 0 Å². The molecular formula is C16H23NO3. The highest BCUT2D eigenvalue weighted by molar-refractivity contribution is 5.69.